The molecule has 1 heterocycles. The molecule has 0 bridgehead atoms. The van der Waals surface area contributed by atoms with Crippen LogP contribution in [0.15, 0.2) is 60.8 Å². The van der Waals surface area contributed by atoms with E-state index in [1.807, 2.05) is 73.6 Å². The molecular formula is C23H26N4O4. The number of aromatic nitrogens is 2. The summed E-state index contributed by atoms with van der Waals surface area (Å²) in [5, 5.41) is 4.25. The molecule has 3 rings (SSSR count). The number of rotatable bonds is 8. The molecule has 31 heavy (non-hydrogen) atoms. The molecule has 0 aliphatic rings. The predicted molar refractivity (Wildman–Crippen MR) is 118 cm³/mol. The fraction of sp³-hybridized carbons (Fsp3) is 0.261. The van der Waals surface area contributed by atoms with Gasteiger partial charge < -0.3 is 19.3 Å². The quantitative estimate of drug-likeness (QED) is 0.520. The van der Waals surface area contributed by atoms with Crippen molar-refractivity contribution in [1.29, 1.82) is 0 Å². The third-order valence-corrected chi connectivity index (χ3v) is 4.74. The third kappa shape index (κ3) is 5.42. The number of amides is 1. The number of nitrogens with zero attached hydrogens (tertiary/aromatic N) is 4. The van der Waals surface area contributed by atoms with Gasteiger partial charge in [0, 0.05) is 33.4 Å². The van der Waals surface area contributed by atoms with E-state index in [-0.39, 0.29) is 24.0 Å². The first kappa shape index (κ1) is 21.9. The smallest absolute Gasteiger partial charge is 0.363 e. The molecule has 0 aliphatic heterocycles. The third-order valence-electron chi connectivity index (χ3n) is 4.74. The first-order valence-electron chi connectivity index (χ1n) is 9.75. The zero-order chi connectivity index (χ0) is 22.4. The summed E-state index contributed by atoms with van der Waals surface area (Å²) in [4.78, 5) is 28.4. The summed E-state index contributed by atoms with van der Waals surface area (Å²) in [7, 11) is 7.05. The van der Waals surface area contributed by atoms with Gasteiger partial charge in [-0.3, -0.25) is 4.79 Å². The molecule has 0 spiro atoms. The maximum absolute atomic E-state index is 12.5. The Bertz CT molecular complexity index is 1030. The van der Waals surface area contributed by atoms with Gasteiger partial charge in [0.2, 0.25) is 5.69 Å². The van der Waals surface area contributed by atoms with E-state index in [1.165, 1.54) is 16.7 Å². The summed E-state index contributed by atoms with van der Waals surface area (Å²) in [5.74, 6) is -0.759. The van der Waals surface area contributed by atoms with Gasteiger partial charge in [-0.15, -0.1) is 0 Å². The van der Waals surface area contributed by atoms with E-state index in [1.54, 1.807) is 13.2 Å². The lowest BCUT2D eigenvalue weighted by Crippen LogP contribution is -2.31. The van der Waals surface area contributed by atoms with Gasteiger partial charge in [-0.2, -0.15) is 5.10 Å². The minimum Gasteiger partial charge on any atom is -0.493 e. The summed E-state index contributed by atoms with van der Waals surface area (Å²) in [6, 6.07) is 17.2. The van der Waals surface area contributed by atoms with Gasteiger partial charge in [-0.05, 0) is 29.8 Å². The SMILES string of the molecule is COc1cn(-c2ccccc2)nc1C(=O)OCC(=O)N(C)Cc1ccc(N(C)C)cc1. The fourth-order valence-corrected chi connectivity index (χ4v) is 2.93. The van der Waals surface area contributed by atoms with Crippen molar-refractivity contribution in [3.05, 3.63) is 72.1 Å². The molecule has 2 aromatic carbocycles. The molecule has 0 atom stereocenters. The Labute approximate surface area is 181 Å². The second-order valence-corrected chi connectivity index (χ2v) is 7.21. The second kappa shape index (κ2) is 9.80. The van der Waals surface area contributed by atoms with Crippen molar-refractivity contribution in [2.24, 2.45) is 0 Å². The number of esters is 1. The van der Waals surface area contributed by atoms with Crippen LogP contribution in [0.4, 0.5) is 5.69 Å². The summed E-state index contributed by atoms with van der Waals surface area (Å²) >= 11 is 0. The molecule has 0 radical (unpaired) electrons. The monoisotopic (exact) mass is 422 g/mol. The fourth-order valence-electron chi connectivity index (χ4n) is 2.93. The van der Waals surface area contributed by atoms with Crippen molar-refractivity contribution in [3.8, 4) is 11.4 Å². The van der Waals surface area contributed by atoms with Crippen molar-refractivity contribution in [2.75, 3.05) is 39.8 Å². The van der Waals surface area contributed by atoms with Gasteiger partial charge in [0.1, 0.15) is 0 Å². The van der Waals surface area contributed by atoms with E-state index >= 15 is 0 Å². The van der Waals surface area contributed by atoms with E-state index in [2.05, 4.69) is 5.10 Å². The van der Waals surface area contributed by atoms with E-state index < -0.39 is 5.97 Å². The van der Waals surface area contributed by atoms with Crippen molar-refractivity contribution < 1.29 is 19.1 Å². The first-order valence-corrected chi connectivity index (χ1v) is 9.75. The lowest BCUT2D eigenvalue weighted by molar-refractivity contribution is -0.133. The van der Waals surface area contributed by atoms with E-state index in [0.29, 0.717) is 6.54 Å². The Balaban J connectivity index is 1.59. The summed E-state index contributed by atoms with van der Waals surface area (Å²) < 4.78 is 12.0. The van der Waals surface area contributed by atoms with Crippen LogP contribution < -0.4 is 9.64 Å². The van der Waals surface area contributed by atoms with Gasteiger partial charge in [0.25, 0.3) is 5.91 Å². The largest absolute Gasteiger partial charge is 0.493 e. The highest BCUT2D eigenvalue weighted by Gasteiger charge is 2.21. The highest BCUT2D eigenvalue weighted by molar-refractivity contribution is 5.92. The van der Waals surface area contributed by atoms with Crippen LogP contribution in [0.3, 0.4) is 0 Å². The Kier molecular flexibility index (Phi) is 6.92. The normalized spacial score (nSPS) is 10.5. The number of benzene rings is 2. The predicted octanol–water partition coefficient (Wildman–Crippen LogP) is 2.76. The van der Waals surface area contributed by atoms with E-state index in [9.17, 15) is 9.59 Å². The number of likely N-dealkylation sites (N-methyl/N-ethyl adjacent to an activating group) is 1. The van der Waals surface area contributed by atoms with Gasteiger partial charge in [-0.1, -0.05) is 30.3 Å². The molecule has 8 nitrogen and oxygen atoms in total. The maximum atomic E-state index is 12.5. The minimum atomic E-state index is -0.719. The van der Waals surface area contributed by atoms with Crippen LogP contribution in [0.2, 0.25) is 0 Å². The Morgan fingerprint density at radius 2 is 1.68 bits per heavy atom. The Morgan fingerprint density at radius 3 is 2.29 bits per heavy atom. The Morgan fingerprint density at radius 1 is 1.00 bits per heavy atom. The summed E-state index contributed by atoms with van der Waals surface area (Å²) in [6.45, 7) is 0.0303. The molecule has 0 fully saturated rings. The molecule has 0 N–H and O–H groups in total. The van der Waals surface area contributed by atoms with Gasteiger partial charge in [0.15, 0.2) is 12.4 Å². The number of para-hydroxylation sites is 1. The van der Waals surface area contributed by atoms with Crippen LogP contribution in [-0.2, 0) is 16.1 Å². The zero-order valence-corrected chi connectivity index (χ0v) is 18.1. The lowest BCUT2D eigenvalue weighted by atomic mass is 10.2. The van der Waals surface area contributed by atoms with Crippen LogP contribution in [-0.4, -0.2) is 61.4 Å². The molecule has 0 unspecified atom stereocenters. The van der Waals surface area contributed by atoms with E-state index in [4.69, 9.17) is 9.47 Å². The average molecular weight is 422 g/mol. The molecule has 0 saturated carbocycles. The van der Waals surface area contributed by atoms with E-state index in [0.717, 1.165) is 16.9 Å². The second-order valence-electron chi connectivity index (χ2n) is 7.21. The Hall–Kier alpha value is -3.81. The number of ether oxygens (including phenoxy) is 2. The molecule has 8 heteroatoms. The molecule has 1 amide bonds. The number of hydrogen-bond donors (Lipinski definition) is 0. The number of carbonyl (C=O) groups excluding carboxylic acids is 2. The van der Waals surface area contributed by atoms with Crippen molar-refractivity contribution in [3.63, 3.8) is 0 Å². The van der Waals surface area contributed by atoms with Crippen LogP contribution in [0.25, 0.3) is 5.69 Å². The molecule has 1 aromatic heterocycles. The van der Waals surface area contributed by atoms with Gasteiger partial charge in [0.05, 0.1) is 19.0 Å². The number of carbonyl (C=O) groups is 2. The number of hydrogen-bond acceptors (Lipinski definition) is 6. The number of methoxy groups -OCH3 is 1. The van der Waals surface area contributed by atoms with Crippen LogP contribution in [0.5, 0.6) is 5.75 Å². The van der Waals surface area contributed by atoms with Crippen molar-refractivity contribution in [2.45, 2.75) is 6.54 Å². The molecule has 3 aromatic rings. The lowest BCUT2D eigenvalue weighted by Gasteiger charge is -2.18. The van der Waals surface area contributed by atoms with Crippen molar-refractivity contribution in [1.82, 2.24) is 14.7 Å². The molecule has 0 aliphatic carbocycles. The summed E-state index contributed by atoms with van der Waals surface area (Å²) in [6.07, 6.45) is 1.59. The number of anilines is 1. The molecular weight excluding hydrogens is 396 g/mol. The van der Waals surface area contributed by atoms with Gasteiger partial charge in [-0.25, -0.2) is 9.48 Å². The van der Waals surface area contributed by atoms with Crippen LogP contribution >= 0.6 is 0 Å². The molecule has 162 valence electrons. The van der Waals surface area contributed by atoms with Crippen molar-refractivity contribution >= 4 is 17.6 Å². The van der Waals surface area contributed by atoms with Crippen LogP contribution in [0, 0.1) is 0 Å². The van der Waals surface area contributed by atoms with Crippen LogP contribution in [0.1, 0.15) is 16.1 Å². The maximum Gasteiger partial charge on any atom is 0.363 e. The zero-order valence-electron chi connectivity index (χ0n) is 18.1. The minimum absolute atomic E-state index is 0.0149. The highest BCUT2D eigenvalue weighted by atomic mass is 16.5. The first-order chi connectivity index (χ1) is 14.9. The molecule has 0 saturated heterocycles. The topological polar surface area (TPSA) is 76.9 Å². The van der Waals surface area contributed by atoms with Gasteiger partial charge >= 0.3 is 5.97 Å². The average Bonchev–Trinajstić information content (AvgIpc) is 3.23. The standard InChI is InChI=1S/C23H26N4O4/c1-25(2)18-12-10-17(11-13-18)14-26(3)21(28)16-31-23(29)22-20(30-4)15-27(24-22)19-8-6-5-7-9-19/h5-13,15H,14,16H2,1-4H3. The summed E-state index contributed by atoms with van der Waals surface area (Å²) in [5.41, 5.74) is 2.85. The highest BCUT2D eigenvalue weighted by Crippen LogP contribution is 2.20.